The smallest absolute Gasteiger partial charge is 0.307 e. The first-order valence-corrected chi connectivity index (χ1v) is 5.91. The molecule has 1 unspecified atom stereocenters. The van der Waals surface area contributed by atoms with Crippen molar-refractivity contribution in [3.8, 4) is 6.07 Å². The summed E-state index contributed by atoms with van der Waals surface area (Å²) in [6.07, 6.45) is 6.22. The van der Waals surface area contributed by atoms with Gasteiger partial charge in [0.25, 0.3) is 0 Å². The van der Waals surface area contributed by atoms with Crippen molar-refractivity contribution in [1.82, 2.24) is 14.5 Å². The third kappa shape index (κ3) is 4.97. The maximum absolute atomic E-state index is 10.8. The number of aliphatic carboxylic acids is 1. The van der Waals surface area contributed by atoms with E-state index in [9.17, 15) is 4.79 Å². The largest absolute Gasteiger partial charge is 0.481 e. The molecule has 1 atom stereocenters. The fraction of sp³-hybridized carbons (Fsp3) is 0.583. The zero-order valence-corrected chi connectivity index (χ0v) is 10.5. The van der Waals surface area contributed by atoms with Crippen LogP contribution in [0.1, 0.15) is 13.3 Å². The molecular weight excluding hydrogens is 232 g/mol. The predicted molar refractivity (Wildman–Crippen MR) is 65.7 cm³/mol. The maximum atomic E-state index is 10.8. The molecule has 0 aliphatic rings. The van der Waals surface area contributed by atoms with E-state index in [1.807, 2.05) is 15.7 Å². The molecule has 0 saturated carbocycles. The highest BCUT2D eigenvalue weighted by Gasteiger charge is 2.15. The molecule has 0 saturated heterocycles. The fourth-order valence-electron chi connectivity index (χ4n) is 1.70. The van der Waals surface area contributed by atoms with Crippen molar-refractivity contribution in [1.29, 1.82) is 5.26 Å². The summed E-state index contributed by atoms with van der Waals surface area (Å²) >= 11 is 0. The molecule has 0 aliphatic heterocycles. The first-order chi connectivity index (χ1) is 8.63. The van der Waals surface area contributed by atoms with E-state index in [4.69, 9.17) is 10.4 Å². The number of carboxylic acid groups (broad SMARTS) is 1. The Hall–Kier alpha value is -1.87. The van der Waals surface area contributed by atoms with Gasteiger partial charge in [0.05, 0.1) is 24.9 Å². The molecule has 98 valence electrons. The average Bonchev–Trinajstić information content (AvgIpc) is 2.82. The predicted octanol–water partition coefficient (Wildman–Crippen LogP) is 0.819. The van der Waals surface area contributed by atoms with Gasteiger partial charge in [0.15, 0.2) is 0 Å². The topological polar surface area (TPSA) is 82.2 Å². The van der Waals surface area contributed by atoms with Crippen LogP contribution in [0.5, 0.6) is 0 Å². The number of aryl methyl sites for hydroxylation is 1. The van der Waals surface area contributed by atoms with Crippen LogP contribution in [0, 0.1) is 17.2 Å². The summed E-state index contributed by atoms with van der Waals surface area (Å²) in [5.41, 5.74) is 0. The molecule has 6 heteroatoms. The van der Waals surface area contributed by atoms with E-state index >= 15 is 0 Å². The summed E-state index contributed by atoms with van der Waals surface area (Å²) in [4.78, 5) is 16.6. The van der Waals surface area contributed by atoms with Gasteiger partial charge in [-0.25, -0.2) is 4.98 Å². The zero-order valence-electron chi connectivity index (χ0n) is 10.5. The molecule has 1 aromatic rings. The number of carbonyl (C=O) groups is 1. The molecule has 0 aliphatic carbocycles. The molecule has 1 heterocycles. The molecule has 0 amide bonds. The van der Waals surface area contributed by atoms with Crippen LogP contribution in [0.4, 0.5) is 0 Å². The second-order valence-electron chi connectivity index (χ2n) is 4.29. The normalized spacial score (nSPS) is 12.3. The summed E-state index contributed by atoms with van der Waals surface area (Å²) in [5.74, 6) is -1.28. The Bertz CT molecular complexity index is 397. The van der Waals surface area contributed by atoms with Crippen LogP contribution < -0.4 is 0 Å². The summed E-state index contributed by atoms with van der Waals surface area (Å²) in [5, 5.41) is 17.6. The molecule has 18 heavy (non-hydrogen) atoms. The lowest BCUT2D eigenvalue weighted by Crippen LogP contribution is -2.33. The summed E-state index contributed by atoms with van der Waals surface area (Å²) in [6, 6.07) is 2.07. The lowest BCUT2D eigenvalue weighted by atomic mass is 10.1. The van der Waals surface area contributed by atoms with E-state index in [1.165, 1.54) is 0 Å². The number of nitrogens with zero attached hydrogens (tertiary/aromatic N) is 4. The Morgan fingerprint density at radius 1 is 1.67 bits per heavy atom. The molecule has 0 fully saturated rings. The highest BCUT2D eigenvalue weighted by Crippen LogP contribution is 2.02. The van der Waals surface area contributed by atoms with Crippen LogP contribution >= 0.6 is 0 Å². The van der Waals surface area contributed by atoms with E-state index in [0.29, 0.717) is 13.1 Å². The molecule has 1 rings (SSSR count). The van der Waals surface area contributed by atoms with Gasteiger partial charge < -0.3 is 9.67 Å². The number of nitriles is 1. The molecule has 0 bridgehead atoms. The Balaban J connectivity index is 2.33. The molecule has 6 nitrogen and oxygen atoms in total. The Morgan fingerprint density at radius 3 is 3.00 bits per heavy atom. The SMILES string of the molecule is CC(CN(CC#N)CCCn1ccnc1)C(=O)O. The number of hydrogen-bond acceptors (Lipinski definition) is 4. The van der Waals surface area contributed by atoms with Crippen molar-refractivity contribution in [2.45, 2.75) is 19.9 Å². The molecule has 0 radical (unpaired) electrons. The van der Waals surface area contributed by atoms with Crippen molar-refractivity contribution < 1.29 is 9.90 Å². The van der Waals surface area contributed by atoms with Crippen LogP contribution in [0.15, 0.2) is 18.7 Å². The van der Waals surface area contributed by atoms with Crippen LogP contribution in [-0.2, 0) is 11.3 Å². The van der Waals surface area contributed by atoms with Crippen LogP contribution in [0.3, 0.4) is 0 Å². The maximum Gasteiger partial charge on any atom is 0.307 e. The van der Waals surface area contributed by atoms with Gasteiger partial charge in [-0.05, 0) is 6.42 Å². The van der Waals surface area contributed by atoms with E-state index in [-0.39, 0.29) is 6.54 Å². The Labute approximate surface area is 106 Å². The Kier molecular flexibility index (Phi) is 5.88. The molecule has 0 aromatic carbocycles. The average molecular weight is 250 g/mol. The highest BCUT2D eigenvalue weighted by atomic mass is 16.4. The first kappa shape index (κ1) is 14.2. The van der Waals surface area contributed by atoms with E-state index < -0.39 is 11.9 Å². The second-order valence-corrected chi connectivity index (χ2v) is 4.29. The van der Waals surface area contributed by atoms with Crippen molar-refractivity contribution in [3.63, 3.8) is 0 Å². The van der Waals surface area contributed by atoms with Gasteiger partial charge in [-0.1, -0.05) is 6.92 Å². The van der Waals surface area contributed by atoms with Gasteiger partial charge in [0.2, 0.25) is 0 Å². The zero-order chi connectivity index (χ0) is 13.4. The number of carboxylic acids is 1. The van der Waals surface area contributed by atoms with Gasteiger partial charge in [-0.2, -0.15) is 5.26 Å². The highest BCUT2D eigenvalue weighted by molar-refractivity contribution is 5.69. The number of hydrogen-bond donors (Lipinski definition) is 1. The third-order valence-corrected chi connectivity index (χ3v) is 2.70. The first-order valence-electron chi connectivity index (χ1n) is 5.91. The van der Waals surface area contributed by atoms with Gasteiger partial charge >= 0.3 is 5.97 Å². The minimum atomic E-state index is -0.826. The molecular formula is C12H18N4O2. The van der Waals surface area contributed by atoms with Crippen molar-refractivity contribution in [2.24, 2.45) is 5.92 Å². The van der Waals surface area contributed by atoms with Gasteiger partial charge in [0.1, 0.15) is 0 Å². The third-order valence-electron chi connectivity index (χ3n) is 2.70. The lowest BCUT2D eigenvalue weighted by molar-refractivity contribution is -0.141. The van der Waals surface area contributed by atoms with Crippen molar-refractivity contribution in [2.75, 3.05) is 19.6 Å². The number of aromatic nitrogens is 2. The molecule has 0 spiro atoms. The summed E-state index contributed by atoms with van der Waals surface area (Å²) in [7, 11) is 0. The fourth-order valence-corrected chi connectivity index (χ4v) is 1.70. The quantitative estimate of drug-likeness (QED) is 0.691. The molecule has 1 N–H and O–H groups in total. The van der Waals surface area contributed by atoms with Gasteiger partial charge in [-0.15, -0.1) is 0 Å². The monoisotopic (exact) mass is 250 g/mol. The summed E-state index contributed by atoms with van der Waals surface area (Å²) in [6.45, 7) is 3.86. The minimum absolute atomic E-state index is 0.265. The number of imidazole rings is 1. The van der Waals surface area contributed by atoms with Gasteiger partial charge in [0, 0.05) is 32.0 Å². The van der Waals surface area contributed by atoms with E-state index in [1.54, 1.807) is 19.4 Å². The number of rotatable bonds is 8. The standard InChI is InChI=1S/C12H18N4O2/c1-11(12(17)18)9-15(7-3-13)5-2-6-16-8-4-14-10-16/h4,8,10-11H,2,5-7,9H2,1H3,(H,17,18). The van der Waals surface area contributed by atoms with Gasteiger partial charge in [-0.3, -0.25) is 9.69 Å². The summed E-state index contributed by atoms with van der Waals surface area (Å²) < 4.78 is 1.96. The minimum Gasteiger partial charge on any atom is -0.481 e. The van der Waals surface area contributed by atoms with Crippen molar-refractivity contribution in [3.05, 3.63) is 18.7 Å². The van der Waals surface area contributed by atoms with Crippen LogP contribution in [0.25, 0.3) is 0 Å². The van der Waals surface area contributed by atoms with E-state index in [2.05, 4.69) is 11.1 Å². The van der Waals surface area contributed by atoms with Crippen LogP contribution in [-0.4, -0.2) is 45.2 Å². The van der Waals surface area contributed by atoms with Crippen LogP contribution in [0.2, 0.25) is 0 Å². The second kappa shape index (κ2) is 7.45. The Morgan fingerprint density at radius 2 is 2.44 bits per heavy atom. The molecule has 1 aromatic heterocycles. The van der Waals surface area contributed by atoms with E-state index in [0.717, 1.165) is 13.0 Å². The lowest BCUT2D eigenvalue weighted by Gasteiger charge is -2.21. The van der Waals surface area contributed by atoms with Crippen molar-refractivity contribution >= 4 is 5.97 Å².